The van der Waals surface area contributed by atoms with Crippen molar-refractivity contribution in [2.75, 3.05) is 0 Å². The molecule has 0 aliphatic rings. The summed E-state index contributed by atoms with van der Waals surface area (Å²) >= 11 is 0. The summed E-state index contributed by atoms with van der Waals surface area (Å²) in [5, 5.41) is 9.20. The van der Waals surface area contributed by atoms with E-state index in [2.05, 4.69) is 0 Å². The first-order chi connectivity index (χ1) is 12.1. The van der Waals surface area contributed by atoms with Crippen LogP contribution in [0.25, 0.3) is 11.3 Å². The van der Waals surface area contributed by atoms with E-state index in [0.717, 1.165) is 27.9 Å². The van der Waals surface area contributed by atoms with Gasteiger partial charge in [0, 0.05) is 6.54 Å². The molecule has 2 N–H and O–H groups in total. The molecule has 2 aromatic carbocycles. The Bertz CT molecular complexity index is 978. The van der Waals surface area contributed by atoms with Gasteiger partial charge in [0.1, 0.15) is 11.6 Å². The van der Waals surface area contributed by atoms with E-state index in [1.807, 2.05) is 67.6 Å². The van der Waals surface area contributed by atoms with Crippen LogP contribution >= 0.6 is 0 Å². The zero-order valence-electron chi connectivity index (χ0n) is 14.1. The molecule has 0 fully saturated rings. The van der Waals surface area contributed by atoms with E-state index in [4.69, 9.17) is 5.73 Å². The van der Waals surface area contributed by atoms with Crippen molar-refractivity contribution in [2.24, 2.45) is 5.73 Å². The van der Waals surface area contributed by atoms with Crippen molar-refractivity contribution >= 4 is 0 Å². The third-order valence-electron chi connectivity index (χ3n) is 4.24. The molecule has 0 aliphatic heterocycles. The predicted octanol–water partition coefficient (Wildman–Crippen LogP) is 3.20. The molecule has 1 aromatic heterocycles. The van der Waals surface area contributed by atoms with E-state index < -0.39 is 0 Å². The zero-order valence-corrected chi connectivity index (χ0v) is 14.1. The molecule has 4 nitrogen and oxygen atoms in total. The lowest BCUT2D eigenvalue weighted by atomic mass is 10.1. The molecule has 3 aromatic rings. The van der Waals surface area contributed by atoms with Gasteiger partial charge in [0.25, 0.3) is 5.56 Å². The van der Waals surface area contributed by atoms with Crippen molar-refractivity contribution < 1.29 is 0 Å². The molecule has 4 heteroatoms. The molecular formula is C21H19N3O. The SMILES string of the molecule is Cc1ccc(-c2ccc(C#N)c(=O)n2Cc2ccc(CN)cc2)cc1. The van der Waals surface area contributed by atoms with Crippen molar-refractivity contribution in [3.05, 3.63) is 93.3 Å². The number of aryl methyl sites for hydroxylation is 1. The van der Waals surface area contributed by atoms with Gasteiger partial charge in [-0.05, 0) is 35.7 Å². The van der Waals surface area contributed by atoms with E-state index in [0.29, 0.717) is 13.1 Å². The minimum absolute atomic E-state index is 0.148. The highest BCUT2D eigenvalue weighted by Crippen LogP contribution is 2.20. The zero-order chi connectivity index (χ0) is 17.8. The van der Waals surface area contributed by atoms with Crippen molar-refractivity contribution in [2.45, 2.75) is 20.0 Å². The third-order valence-corrected chi connectivity index (χ3v) is 4.24. The molecule has 0 atom stereocenters. The summed E-state index contributed by atoms with van der Waals surface area (Å²) in [7, 11) is 0. The number of hydrogen-bond acceptors (Lipinski definition) is 3. The van der Waals surface area contributed by atoms with E-state index in [1.54, 1.807) is 10.6 Å². The van der Waals surface area contributed by atoms with Crippen LogP contribution in [0.15, 0.2) is 65.5 Å². The number of nitrogens with two attached hydrogens (primary N) is 1. The van der Waals surface area contributed by atoms with Gasteiger partial charge >= 0.3 is 0 Å². The summed E-state index contributed by atoms with van der Waals surface area (Å²) in [5.41, 5.74) is 10.4. The first kappa shape index (κ1) is 16.7. The fourth-order valence-electron chi connectivity index (χ4n) is 2.76. The molecule has 1 heterocycles. The molecule has 0 amide bonds. The number of benzene rings is 2. The van der Waals surface area contributed by atoms with E-state index in [-0.39, 0.29) is 11.1 Å². The smallest absolute Gasteiger partial charge is 0.269 e. The molecule has 3 rings (SSSR count). The minimum Gasteiger partial charge on any atom is -0.326 e. The highest BCUT2D eigenvalue weighted by atomic mass is 16.1. The Kier molecular flexibility index (Phi) is 4.78. The fourth-order valence-corrected chi connectivity index (χ4v) is 2.76. The van der Waals surface area contributed by atoms with Crippen LogP contribution in [0.1, 0.15) is 22.3 Å². The second-order valence-electron chi connectivity index (χ2n) is 6.02. The summed E-state index contributed by atoms with van der Waals surface area (Å²) in [4.78, 5) is 12.7. The first-order valence-electron chi connectivity index (χ1n) is 8.11. The second-order valence-corrected chi connectivity index (χ2v) is 6.02. The van der Waals surface area contributed by atoms with Gasteiger partial charge in [-0.2, -0.15) is 5.26 Å². The van der Waals surface area contributed by atoms with Gasteiger partial charge in [0.2, 0.25) is 0 Å². The van der Waals surface area contributed by atoms with Crippen molar-refractivity contribution in [3.63, 3.8) is 0 Å². The fraction of sp³-hybridized carbons (Fsp3) is 0.143. The maximum Gasteiger partial charge on any atom is 0.269 e. The van der Waals surface area contributed by atoms with Gasteiger partial charge in [0.05, 0.1) is 12.2 Å². The monoisotopic (exact) mass is 329 g/mol. The van der Waals surface area contributed by atoms with Crippen LogP contribution < -0.4 is 11.3 Å². The van der Waals surface area contributed by atoms with E-state index in [1.165, 1.54) is 0 Å². The van der Waals surface area contributed by atoms with Gasteiger partial charge < -0.3 is 10.3 Å². The predicted molar refractivity (Wildman–Crippen MR) is 99.0 cm³/mol. The maximum atomic E-state index is 12.7. The Morgan fingerprint density at radius 1 is 0.960 bits per heavy atom. The average Bonchev–Trinajstić information content (AvgIpc) is 2.65. The molecule has 0 bridgehead atoms. The van der Waals surface area contributed by atoms with Gasteiger partial charge in [-0.1, -0.05) is 54.1 Å². The molecule has 0 saturated heterocycles. The first-order valence-corrected chi connectivity index (χ1v) is 8.11. The summed E-state index contributed by atoms with van der Waals surface area (Å²) in [6.07, 6.45) is 0. The van der Waals surface area contributed by atoms with Crippen LogP contribution in [-0.4, -0.2) is 4.57 Å². The lowest BCUT2D eigenvalue weighted by Crippen LogP contribution is -2.24. The van der Waals surface area contributed by atoms with E-state index >= 15 is 0 Å². The Hall–Kier alpha value is -3.16. The lowest BCUT2D eigenvalue weighted by Gasteiger charge is -2.14. The standard InChI is InChI=1S/C21H19N3O/c1-15-2-8-18(9-3-15)20-11-10-19(13-23)21(25)24(20)14-17-6-4-16(12-22)5-7-17/h2-11H,12,14,22H2,1H3. The molecule has 0 saturated carbocycles. The van der Waals surface area contributed by atoms with Crippen LogP contribution in [0, 0.1) is 18.3 Å². The average molecular weight is 329 g/mol. The number of hydrogen-bond donors (Lipinski definition) is 1. The van der Waals surface area contributed by atoms with Gasteiger partial charge in [-0.15, -0.1) is 0 Å². The summed E-state index contributed by atoms with van der Waals surface area (Å²) < 4.78 is 1.65. The molecule has 0 radical (unpaired) electrons. The normalized spacial score (nSPS) is 10.4. The second kappa shape index (κ2) is 7.16. The van der Waals surface area contributed by atoms with Crippen LogP contribution in [0.2, 0.25) is 0 Å². The summed E-state index contributed by atoms with van der Waals surface area (Å²) in [6, 6.07) is 21.3. The highest BCUT2D eigenvalue weighted by molar-refractivity contribution is 5.61. The van der Waals surface area contributed by atoms with E-state index in [9.17, 15) is 10.1 Å². The maximum absolute atomic E-state index is 12.7. The number of aromatic nitrogens is 1. The quantitative estimate of drug-likeness (QED) is 0.799. The van der Waals surface area contributed by atoms with Crippen molar-refractivity contribution in [1.82, 2.24) is 4.57 Å². The van der Waals surface area contributed by atoms with Gasteiger partial charge in [-0.3, -0.25) is 4.79 Å². The van der Waals surface area contributed by atoms with Gasteiger partial charge in [-0.25, -0.2) is 0 Å². The number of nitriles is 1. The van der Waals surface area contributed by atoms with Gasteiger partial charge in [0.15, 0.2) is 0 Å². The molecule has 25 heavy (non-hydrogen) atoms. The lowest BCUT2D eigenvalue weighted by molar-refractivity contribution is 0.765. The Balaban J connectivity index is 2.10. The molecule has 0 aliphatic carbocycles. The van der Waals surface area contributed by atoms with Crippen LogP contribution in [0.4, 0.5) is 0 Å². The third kappa shape index (κ3) is 3.52. The van der Waals surface area contributed by atoms with Crippen LogP contribution in [-0.2, 0) is 13.1 Å². The molecule has 0 unspecified atom stereocenters. The van der Waals surface area contributed by atoms with Crippen molar-refractivity contribution in [1.29, 1.82) is 5.26 Å². The topological polar surface area (TPSA) is 71.8 Å². The van der Waals surface area contributed by atoms with Crippen LogP contribution in [0.5, 0.6) is 0 Å². The number of pyridine rings is 1. The molecule has 124 valence electrons. The minimum atomic E-state index is -0.275. The van der Waals surface area contributed by atoms with Crippen molar-refractivity contribution in [3.8, 4) is 17.3 Å². The summed E-state index contributed by atoms with van der Waals surface area (Å²) in [6.45, 7) is 2.91. The Morgan fingerprint density at radius 2 is 1.60 bits per heavy atom. The Morgan fingerprint density at radius 3 is 2.20 bits per heavy atom. The Labute approximate surface area is 146 Å². The number of nitrogens with zero attached hydrogens (tertiary/aromatic N) is 2. The van der Waals surface area contributed by atoms with Crippen LogP contribution in [0.3, 0.4) is 0 Å². The molecular weight excluding hydrogens is 310 g/mol. The molecule has 0 spiro atoms. The largest absolute Gasteiger partial charge is 0.326 e. The highest BCUT2D eigenvalue weighted by Gasteiger charge is 2.11. The summed E-state index contributed by atoms with van der Waals surface area (Å²) in [5.74, 6) is 0. The number of rotatable bonds is 4.